The fourth-order valence-electron chi connectivity index (χ4n) is 8.30. The van der Waals surface area contributed by atoms with E-state index >= 15 is 13.2 Å². The summed E-state index contributed by atoms with van der Waals surface area (Å²) in [7, 11) is -2.57. The van der Waals surface area contributed by atoms with Gasteiger partial charge in [-0.15, -0.1) is 0 Å². The molecular weight excluding hydrogens is 890 g/mol. The van der Waals surface area contributed by atoms with Crippen LogP contribution in [0.4, 0.5) is 40.9 Å². The fraction of sp³-hybridized carbons (Fsp3) is 0.250. The molecule has 3 aromatic carbocycles. The van der Waals surface area contributed by atoms with Gasteiger partial charge in [0.05, 0.1) is 45.0 Å². The number of hydrogen-bond acceptors (Lipinski definition) is 8. The van der Waals surface area contributed by atoms with Gasteiger partial charge in [0.25, 0.3) is 11.5 Å². The van der Waals surface area contributed by atoms with Crippen molar-refractivity contribution in [3.8, 4) is 16.9 Å². The first-order chi connectivity index (χ1) is 29.6. The molecule has 4 heterocycles. The molecule has 0 spiro atoms. The number of sulfonamides is 1. The zero-order valence-corrected chi connectivity index (χ0v) is 33.9. The van der Waals surface area contributed by atoms with E-state index in [0.717, 1.165) is 23.0 Å². The number of aryl methyl sites for hydroxylation is 1. The number of alkyl halides is 5. The number of carbonyl (C=O) groups excluding carboxylic acids is 1. The molecule has 13 nitrogen and oxygen atoms in total. The summed E-state index contributed by atoms with van der Waals surface area (Å²) in [4.78, 5) is 38.1. The molecule has 2 N–H and O–H groups in total. The Balaban J connectivity index is 1.26. The van der Waals surface area contributed by atoms with Gasteiger partial charge in [0, 0.05) is 36.6 Å². The van der Waals surface area contributed by atoms with E-state index in [-0.39, 0.29) is 66.4 Å². The molecule has 1 fully saturated rings. The summed E-state index contributed by atoms with van der Waals surface area (Å²) < 4.78 is 147. The number of halogens is 9. The molecule has 0 radical (unpaired) electrons. The van der Waals surface area contributed by atoms with Gasteiger partial charge in [0.2, 0.25) is 15.9 Å². The van der Waals surface area contributed by atoms with Gasteiger partial charge >= 0.3 is 6.18 Å². The first-order valence-corrected chi connectivity index (χ1v) is 21.0. The third-order valence-corrected chi connectivity index (χ3v) is 11.7. The lowest BCUT2D eigenvalue weighted by molar-refractivity contribution is -0.142. The van der Waals surface area contributed by atoms with Crippen LogP contribution in [0.1, 0.15) is 46.7 Å². The van der Waals surface area contributed by atoms with Crippen LogP contribution >= 0.6 is 11.6 Å². The Hall–Kier alpha value is -6.42. The average Bonchev–Trinajstić information content (AvgIpc) is 3.72. The molecule has 2 aliphatic carbocycles. The van der Waals surface area contributed by atoms with Gasteiger partial charge in [-0.3, -0.25) is 28.2 Å². The second-order valence-corrected chi connectivity index (χ2v) is 17.4. The summed E-state index contributed by atoms with van der Waals surface area (Å²) in [5.74, 6) is -11.0. The minimum Gasteiger partial charge on any atom is -0.344 e. The van der Waals surface area contributed by atoms with Crippen LogP contribution in [0, 0.1) is 23.4 Å². The number of pyridine rings is 1. The molecule has 7 aromatic rings. The maximum atomic E-state index is 15.5. The Kier molecular flexibility index (Phi) is 9.70. The maximum absolute atomic E-state index is 15.5. The van der Waals surface area contributed by atoms with Crippen LogP contribution in [-0.4, -0.2) is 54.7 Å². The quantitative estimate of drug-likeness (QED) is 0.135. The van der Waals surface area contributed by atoms with E-state index in [2.05, 4.69) is 30.2 Å². The Morgan fingerprint density at radius 2 is 1.71 bits per heavy atom. The predicted molar refractivity (Wildman–Crippen MR) is 211 cm³/mol. The number of benzene rings is 3. The number of hydrogen-bond donors (Lipinski definition) is 2. The zero-order valence-electron chi connectivity index (χ0n) is 32.3. The molecule has 0 saturated heterocycles. The summed E-state index contributed by atoms with van der Waals surface area (Å²) in [6, 6.07) is 11.5. The highest BCUT2D eigenvalue weighted by Gasteiger charge is 2.68. The molecule has 0 aliphatic heterocycles. The van der Waals surface area contributed by atoms with Crippen molar-refractivity contribution in [2.75, 3.05) is 11.0 Å². The topological polar surface area (TPSA) is 159 Å². The van der Waals surface area contributed by atoms with Crippen LogP contribution in [-0.2, 0) is 46.9 Å². The summed E-state index contributed by atoms with van der Waals surface area (Å²) in [6.45, 7) is -1.21. The van der Waals surface area contributed by atoms with Crippen molar-refractivity contribution in [2.24, 2.45) is 13.0 Å². The number of rotatable bonds is 10. The second kappa shape index (κ2) is 14.6. The van der Waals surface area contributed by atoms with Crippen LogP contribution < -0.4 is 15.6 Å². The third kappa shape index (κ3) is 7.33. The minimum atomic E-state index is -5.14. The molecule has 3 atom stereocenters. The fourth-order valence-corrected chi connectivity index (χ4v) is 9.03. The number of nitrogens with zero attached hydrogens (tertiary/aromatic N) is 7. The number of nitrogens with one attached hydrogen (secondary N) is 2. The van der Waals surface area contributed by atoms with Crippen molar-refractivity contribution in [1.29, 1.82) is 0 Å². The number of amides is 1. The lowest BCUT2D eigenvalue weighted by Crippen LogP contribution is -2.38. The molecule has 4 aromatic heterocycles. The lowest BCUT2D eigenvalue weighted by atomic mass is 10.0. The van der Waals surface area contributed by atoms with E-state index < -0.39 is 105 Å². The summed E-state index contributed by atoms with van der Waals surface area (Å²) in [5.41, 5.74) is -4.77. The molecule has 1 saturated carbocycles. The third-order valence-electron chi connectivity index (χ3n) is 10.8. The predicted octanol–water partition coefficient (Wildman–Crippen LogP) is 7.30. The van der Waals surface area contributed by atoms with Crippen molar-refractivity contribution in [2.45, 2.75) is 43.4 Å². The summed E-state index contributed by atoms with van der Waals surface area (Å²) in [5, 5.41) is 9.94. The highest BCUT2D eigenvalue weighted by molar-refractivity contribution is 7.92. The van der Waals surface area contributed by atoms with Crippen molar-refractivity contribution < 1.29 is 48.3 Å². The van der Waals surface area contributed by atoms with Gasteiger partial charge in [-0.2, -0.15) is 32.1 Å². The monoisotopic (exact) mass is 917 g/mol. The Bertz CT molecular complexity index is 3240. The van der Waals surface area contributed by atoms with E-state index in [4.69, 9.17) is 11.6 Å². The number of fused-ring (bicyclic) bond motifs is 5. The van der Waals surface area contributed by atoms with Gasteiger partial charge < -0.3 is 5.32 Å². The second-order valence-electron chi connectivity index (χ2n) is 15.2. The molecule has 2 aliphatic rings. The standard InChI is InChI=1S/C40H28ClF8N9O4S/c1-56-32-28(10-8-24(41)31(32)36(54-56)55-63(2,61)62)58-37(52-35-21(38(58)60)7-9-26(51-35)20-5-3-4-6-25(20)44)27(13-17-11-18(42)14-19(43)12-17)50-29(59)16-57-34-30(33(53-57)40(47,48)49)22-15-23(22)39(34,45)46/h3-12,14,22-23,27H,13,15-16H2,1-2H3,(H,50,59)(H,54,55)/t22?,23?,27-/m0/s1. The molecule has 9 rings (SSSR count). The maximum Gasteiger partial charge on any atom is 0.435 e. The van der Waals surface area contributed by atoms with Gasteiger partial charge in [0.1, 0.15) is 35.5 Å². The van der Waals surface area contributed by atoms with Crippen molar-refractivity contribution in [3.63, 3.8) is 0 Å². The van der Waals surface area contributed by atoms with Crippen LogP contribution in [0.3, 0.4) is 0 Å². The molecular formula is C40H28ClF8N9O4S. The first kappa shape index (κ1) is 41.9. The van der Waals surface area contributed by atoms with Crippen LogP contribution in [0.25, 0.3) is 38.9 Å². The normalized spacial score (nSPS) is 17.2. The molecule has 0 bridgehead atoms. The lowest BCUT2D eigenvalue weighted by Gasteiger charge is -2.24. The van der Waals surface area contributed by atoms with E-state index in [9.17, 15) is 40.0 Å². The summed E-state index contributed by atoms with van der Waals surface area (Å²) in [6.07, 6.45) is -5.09. The largest absolute Gasteiger partial charge is 0.435 e. The van der Waals surface area contributed by atoms with Gasteiger partial charge in [-0.25, -0.2) is 31.6 Å². The smallest absolute Gasteiger partial charge is 0.344 e. The minimum absolute atomic E-state index is 0.00615. The number of carbonyl (C=O) groups is 1. The van der Waals surface area contributed by atoms with Gasteiger partial charge in [-0.1, -0.05) is 23.7 Å². The number of anilines is 1. The van der Waals surface area contributed by atoms with Gasteiger partial charge in [-0.05, 0) is 66.4 Å². The summed E-state index contributed by atoms with van der Waals surface area (Å²) >= 11 is 6.58. The van der Waals surface area contributed by atoms with E-state index in [0.29, 0.717) is 6.07 Å². The molecule has 23 heteroatoms. The number of aromatic nitrogens is 7. The Morgan fingerprint density at radius 1 is 1.00 bits per heavy atom. The molecule has 1 amide bonds. The molecule has 2 unspecified atom stereocenters. The first-order valence-electron chi connectivity index (χ1n) is 18.7. The molecule has 63 heavy (non-hydrogen) atoms. The highest BCUT2D eigenvalue weighted by atomic mass is 35.5. The van der Waals surface area contributed by atoms with Crippen molar-refractivity contribution in [1.82, 2.24) is 39.4 Å². The van der Waals surface area contributed by atoms with Crippen LogP contribution in [0.5, 0.6) is 0 Å². The SMILES string of the molecule is Cn1nc(NS(C)(=O)=O)c2c(Cl)ccc(-n3c([C@H](Cc4cc(F)cc(F)c4)NC(=O)Cn4nc(C(F)(F)F)c5c4C(F)(F)C4CC54)nc4nc(-c5ccccc5F)ccc4c3=O)c21. The van der Waals surface area contributed by atoms with Gasteiger partial charge in [0.15, 0.2) is 17.2 Å². The Morgan fingerprint density at radius 3 is 2.40 bits per heavy atom. The average molecular weight is 918 g/mol. The van der Waals surface area contributed by atoms with Crippen LogP contribution in [0.2, 0.25) is 5.02 Å². The zero-order chi connectivity index (χ0) is 45.1. The van der Waals surface area contributed by atoms with E-state index in [1.807, 2.05) is 0 Å². The van der Waals surface area contributed by atoms with Crippen molar-refractivity contribution in [3.05, 3.63) is 128 Å². The Labute approximate surface area is 354 Å². The highest BCUT2D eigenvalue weighted by Crippen LogP contribution is 2.68. The molecule has 326 valence electrons. The van der Waals surface area contributed by atoms with E-state index in [1.54, 1.807) is 0 Å². The van der Waals surface area contributed by atoms with Crippen LogP contribution in [0.15, 0.2) is 71.5 Å². The van der Waals surface area contributed by atoms with E-state index in [1.165, 1.54) is 60.3 Å². The van der Waals surface area contributed by atoms with Crippen molar-refractivity contribution >= 4 is 55.3 Å².